The normalized spacial score (nSPS) is 31.1. The molecule has 15 rings (SSSR count). The summed E-state index contributed by atoms with van der Waals surface area (Å²) < 4.78 is 13.5. The van der Waals surface area contributed by atoms with Gasteiger partial charge in [0.05, 0.1) is 23.3 Å². The Hall–Kier alpha value is -5.66. The van der Waals surface area contributed by atoms with Gasteiger partial charge in [-0.2, -0.15) is 0 Å². The molecule has 6 aliphatic carbocycles. The van der Waals surface area contributed by atoms with Crippen molar-refractivity contribution in [1.82, 2.24) is 26.6 Å². The van der Waals surface area contributed by atoms with E-state index in [0.29, 0.717) is 48.7 Å². The molecule has 0 aromatic heterocycles. The van der Waals surface area contributed by atoms with Crippen LogP contribution in [-0.4, -0.2) is 67.1 Å². The van der Waals surface area contributed by atoms with Crippen LogP contribution in [0.5, 0.6) is 5.75 Å². The molecule has 1 spiro atoms. The summed E-state index contributed by atoms with van der Waals surface area (Å²) in [4.78, 5) is 30.6. The van der Waals surface area contributed by atoms with Crippen molar-refractivity contribution in [3.8, 4) is 16.9 Å². The van der Waals surface area contributed by atoms with E-state index < -0.39 is 11.5 Å². The zero-order valence-corrected chi connectivity index (χ0v) is 49.4. The minimum absolute atomic E-state index is 0.0413. The Morgan fingerprint density at radius 3 is 2.51 bits per heavy atom. The van der Waals surface area contributed by atoms with Crippen LogP contribution in [0.25, 0.3) is 16.7 Å². The molecule has 2 saturated heterocycles. The van der Waals surface area contributed by atoms with Crippen LogP contribution in [0.15, 0.2) is 131 Å². The van der Waals surface area contributed by atoms with E-state index in [1.807, 2.05) is 19.1 Å². The van der Waals surface area contributed by atoms with Gasteiger partial charge in [0.2, 0.25) is 0 Å². The first-order chi connectivity index (χ1) is 40.5. The van der Waals surface area contributed by atoms with Crippen LogP contribution in [0.4, 0.5) is 0 Å². The van der Waals surface area contributed by atoms with Gasteiger partial charge in [-0.25, -0.2) is 9.59 Å². The maximum atomic E-state index is 15.3. The Bertz CT molecular complexity index is 3210. The summed E-state index contributed by atoms with van der Waals surface area (Å²) in [5, 5.41) is 41.6. The van der Waals surface area contributed by atoms with Crippen molar-refractivity contribution < 1.29 is 29.3 Å². The zero-order chi connectivity index (χ0) is 56.8. The molecule has 11 unspecified atom stereocenters. The molecule has 4 aromatic carbocycles. The lowest BCUT2D eigenvalue weighted by Crippen LogP contribution is -2.52. The highest BCUT2D eigenvalue weighted by atomic mass is 16.6. The summed E-state index contributed by atoms with van der Waals surface area (Å²) in [6.45, 7) is 7.88. The van der Waals surface area contributed by atoms with E-state index in [9.17, 15) is 10.2 Å². The topological polar surface area (TPSA) is 153 Å². The van der Waals surface area contributed by atoms with Crippen molar-refractivity contribution in [2.75, 3.05) is 26.7 Å². The van der Waals surface area contributed by atoms with Gasteiger partial charge in [-0.15, -0.1) is 0 Å². The fourth-order valence-corrected chi connectivity index (χ4v) is 17.8. The third-order valence-electron chi connectivity index (χ3n) is 21.8. The number of aliphatic hydroxyl groups is 1. The summed E-state index contributed by atoms with van der Waals surface area (Å²) in [6, 6.07) is 32.9. The lowest BCUT2D eigenvalue weighted by Gasteiger charge is -2.56. The number of phenolic OH excluding ortho intramolecular Hbond substituents is 1. The number of allylic oxidation sites excluding steroid dienone is 5. The highest BCUT2D eigenvalue weighted by Crippen LogP contribution is 2.72. The second-order valence-corrected chi connectivity index (χ2v) is 26.7. The molecule has 83 heavy (non-hydrogen) atoms. The van der Waals surface area contributed by atoms with Crippen LogP contribution in [0.3, 0.4) is 0 Å². The molecule has 5 fully saturated rings. The zero-order valence-electron chi connectivity index (χ0n) is 49.4. The fourth-order valence-electron chi connectivity index (χ4n) is 17.8. The van der Waals surface area contributed by atoms with Gasteiger partial charge in [0, 0.05) is 48.8 Å². The van der Waals surface area contributed by atoms with Crippen LogP contribution in [0, 0.1) is 46.3 Å². The maximum absolute atomic E-state index is 15.3. The maximum Gasteiger partial charge on any atom is 0.340 e. The molecule has 11 nitrogen and oxygen atoms in total. The fraction of sp³-hybridized carbons (Fsp3) is 0.528. The van der Waals surface area contributed by atoms with Gasteiger partial charge in [-0.1, -0.05) is 99.0 Å². The number of ether oxygens (including phenoxy) is 2. The molecule has 3 saturated carbocycles. The summed E-state index contributed by atoms with van der Waals surface area (Å²) in [5.74, 6) is 1.52. The first kappa shape index (κ1) is 56.5. The molecular weight excluding hydrogens is 1030 g/mol. The van der Waals surface area contributed by atoms with Crippen LogP contribution in [-0.2, 0) is 45.0 Å². The molecule has 0 radical (unpaired) electrons. The SMILES string of the molecule is CCC(C=C1OC(=O)C2=C3c4cc(O)ccc4-c4cccc(c4)CNCCc4cc(CNC5CCCCC5)cc(c4)C(NCC(C)O)C4CCC(C5CCNC(NC)C5)(CC=C5OC(=O)C6=C5CCC5C3CCC12C65)C4)Cc1ccccc1. The number of cyclic esters (lactones) is 1. The van der Waals surface area contributed by atoms with E-state index >= 15 is 9.59 Å². The first-order valence-corrected chi connectivity index (χ1v) is 32.2. The molecule has 5 heterocycles. The number of hydrogen-bond donors (Lipinski definition) is 7. The number of carbonyl (C=O) groups excluding carboxylic acids is 2. The monoisotopic (exact) mass is 1120 g/mol. The molecule has 438 valence electrons. The number of hydrogen-bond acceptors (Lipinski definition) is 11. The lowest BCUT2D eigenvalue weighted by atomic mass is 9.44. The second kappa shape index (κ2) is 24.0. The quantitative estimate of drug-likeness (QED) is 0.0679. The largest absolute Gasteiger partial charge is 0.508 e. The van der Waals surface area contributed by atoms with Crippen LogP contribution in [0.1, 0.15) is 156 Å². The minimum atomic E-state index is -0.889. The summed E-state index contributed by atoms with van der Waals surface area (Å²) in [6.07, 6.45) is 22.4. The molecule has 0 amide bonds. The molecular formula is C72H89N5O6. The number of nitrogens with one attached hydrogen (secondary N) is 5. The lowest BCUT2D eigenvalue weighted by molar-refractivity contribution is -0.135. The number of aromatic hydroxyl groups is 1. The van der Waals surface area contributed by atoms with E-state index in [-0.39, 0.29) is 59.0 Å². The van der Waals surface area contributed by atoms with Gasteiger partial charge < -0.3 is 46.3 Å². The number of fused-ring (bicyclic) bond motifs is 5. The van der Waals surface area contributed by atoms with E-state index in [0.717, 1.165) is 141 Å². The molecule has 14 bridgehead atoms. The Kier molecular flexibility index (Phi) is 16.3. The van der Waals surface area contributed by atoms with Gasteiger partial charge in [0.1, 0.15) is 17.3 Å². The number of piperidine rings is 1. The number of carbonyl (C=O) groups is 2. The van der Waals surface area contributed by atoms with Crippen LogP contribution in [0.2, 0.25) is 0 Å². The third kappa shape index (κ3) is 10.9. The van der Waals surface area contributed by atoms with Crippen molar-refractivity contribution in [2.24, 2.45) is 46.3 Å². The van der Waals surface area contributed by atoms with E-state index in [1.165, 1.54) is 54.4 Å². The molecule has 11 atom stereocenters. The van der Waals surface area contributed by atoms with Gasteiger partial charge in [-0.3, -0.25) is 0 Å². The van der Waals surface area contributed by atoms with E-state index in [4.69, 9.17) is 9.47 Å². The summed E-state index contributed by atoms with van der Waals surface area (Å²) in [5.41, 5.74) is 11.7. The molecule has 11 heteroatoms. The van der Waals surface area contributed by atoms with Crippen molar-refractivity contribution >= 4 is 17.5 Å². The Balaban J connectivity index is 0.958. The Morgan fingerprint density at radius 2 is 1.67 bits per heavy atom. The Morgan fingerprint density at radius 1 is 0.807 bits per heavy atom. The molecule has 5 aliphatic heterocycles. The van der Waals surface area contributed by atoms with Crippen molar-refractivity contribution in [1.29, 1.82) is 0 Å². The highest BCUT2D eigenvalue weighted by molar-refractivity contribution is 6.07. The van der Waals surface area contributed by atoms with Crippen LogP contribution >= 0.6 is 0 Å². The van der Waals surface area contributed by atoms with E-state index in [2.05, 4.69) is 126 Å². The van der Waals surface area contributed by atoms with Gasteiger partial charge in [0.25, 0.3) is 0 Å². The average Bonchev–Trinajstić information content (AvgIpc) is 2.04. The number of aliphatic hydroxyl groups excluding tert-OH is 1. The van der Waals surface area contributed by atoms with Crippen molar-refractivity contribution in [2.45, 2.75) is 167 Å². The average molecular weight is 1120 g/mol. The number of benzene rings is 4. The number of phenols is 1. The summed E-state index contributed by atoms with van der Waals surface area (Å²) >= 11 is 0. The van der Waals surface area contributed by atoms with Gasteiger partial charge in [0.15, 0.2) is 0 Å². The van der Waals surface area contributed by atoms with Gasteiger partial charge >= 0.3 is 11.9 Å². The van der Waals surface area contributed by atoms with Crippen LogP contribution < -0.4 is 26.6 Å². The molecule has 7 N–H and O–H groups in total. The number of rotatable bonds is 12. The predicted molar refractivity (Wildman–Crippen MR) is 327 cm³/mol. The molecule has 4 aromatic rings. The number of esters is 2. The Labute approximate surface area is 492 Å². The first-order valence-electron chi connectivity index (χ1n) is 32.2. The summed E-state index contributed by atoms with van der Waals surface area (Å²) in [7, 11) is 2.07. The molecule has 11 aliphatic rings. The predicted octanol–water partition coefficient (Wildman–Crippen LogP) is 12.2. The van der Waals surface area contributed by atoms with E-state index in [1.54, 1.807) is 6.07 Å². The standard InChI is InChI=1S/C72H89N5O6/c1-4-45(32-46-12-7-5-8-13-46)37-62-72-29-23-57-58-20-21-59-61(82-69(80)65(59)66(58)72)24-28-71(53-26-31-75-63(38-53)73-3)27-22-51(40-71)68(77-41-44(2)78)52-34-47(33-49(36-52)43-76-54-16-9-6-10-17-54)25-30-74-42-48-14-11-15-50(35-48)56-19-18-55(79)39-60(56)64(57)67(72)70(81)83-62/h5,7-8,11-15,18-19,24,33-37,39,44-45,51,53-54,57-58,63,66,68,73-79H,4,6,9-10,16-17,20-23,25-32,38,40-43H2,1-3H3. The highest BCUT2D eigenvalue weighted by Gasteiger charge is 2.69. The van der Waals surface area contributed by atoms with Crippen molar-refractivity contribution in [3.05, 3.63) is 165 Å². The third-order valence-corrected chi connectivity index (χ3v) is 21.8. The second-order valence-electron chi connectivity index (χ2n) is 26.7. The van der Waals surface area contributed by atoms with Gasteiger partial charge in [-0.05, 0) is 239 Å². The van der Waals surface area contributed by atoms with Crippen molar-refractivity contribution in [3.63, 3.8) is 0 Å². The smallest absolute Gasteiger partial charge is 0.340 e. The minimum Gasteiger partial charge on any atom is -0.508 e.